The molecular weight excluding hydrogens is 1390 g/mol. The first-order chi connectivity index (χ1) is 49.4. The smallest absolute Gasteiger partial charge is 0.191 e. The third-order valence-corrected chi connectivity index (χ3v) is 42.6. The number of hydrogen-bond donors (Lipinski definition) is 3. The molecule has 9 fully saturated rings. The van der Waals surface area contributed by atoms with Gasteiger partial charge in [0.2, 0.25) is 0 Å². The molecule has 0 radical (unpaired) electrons. The van der Waals surface area contributed by atoms with Crippen molar-refractivity contribution in [2.24, 2.45) is 115 Å². The molecule has 0 aromatic heterocycles. The van der Waals surface area contributed by atoms with Crippen molar-refractivity contribution in [1.29, 1.82) is 0 Å². The first kappa shape index (κ1) is 86.5. The molecule has 590 valence electrons. The van der Waals surface area contributed by atoms with Gasteiger partial charge in [-0.3, -0.25) is 0 Å². The van der Waals surface area contributed by atoms with Crippen molar-refractivity contribution in [3.63, 3.8) is 0 Å². The number of allylic oxidation sites excluding steroid dienone is 3. The molecule has 7 nitrogen and oxygen atoms in total. The molecule has 9 aliphatic carbocycles. The fraction of sp³-hybridized carbons (Fsp3) is 0.747. The molecule has 9 saturated carbocycles. The summed E-state index contributed by atoms with van der Waals surface area (Å²) in [5, 5.41) is 32.5. The maximum Gasteiger partial charge on any atom is 0.191 e. The number of rotatable bonds is 20. The Balaban J connectivity index is 0.000000174. The minimum Gasteiger partial charge on any atom is -0.417 e. The zero-order chi connectivity index (χ0) is 76.8. The summed E-state index contributed by atoms with van der Waals surface area (Å²) in [5.74, 6) is 8.32. The summed E-state index contributed by atoms with van der Waals surface area (Å²) in [5.41, 5.74) is 9.68. The first-order valence-electron chi connectivity index (χ1n) is 42.4. The predicted octanol–water partition coefficient (Wildman–Crippen LogP) is 25.1. The SMILES string of the molecule is BrCc1ccccc1.C=C1CC[C@H]2[C@H](CO)[C@@H]([C@@]3(C)CC[C@H](C)C[C@@H]3CO[Si](C)(C)C(C)(C)C)CC[C@]12C.C=C1CC[C@H]2[C@H](COCc3ccccc3)[C@@H]([C@@]3(C)CC[C@H](C)C[C@@H]3CO[Si](C)(C)C(C)(C)C)CC[C@]12C.C=C1CC[C@H]2[C@H](COCc3ccccc3)[C@@H]([C@@]3(C)CC[C@H](O)C[C@@H]3CO)CC[C@]12C. The summed E-state index contributed by atoms with van der Waals surface area (Å²) in [7, 11) is -3.53. The predicted molar refractivity (Wildman–Crippen MR) is 451 cm³/mol. The fourth-order valence-electron chi connectivity index (χ4n) is 23.1. The molecule has 0 heterocycles. The van der Waals surface area contributed by atoms with E-state index < -0.39 is 16.6 Å². The summed E-state index contributed by atoms with van der Waals surface area (Å²) in [6, 6.07) is 31.4. The van der Waals surface area contributed by atoms with Gasteiger partial charge in [0, 0.05) is 31.8 Å². The van der Waals surface area contributed by atoms with E-state index in [4.69, 9.17) is 18.3 Å². The summed E-state index contributed by atoms with van der Waals surface area (Å²) in [4.78, 5) is 0. The van der Waals surface area contributed by atoms with Crippen molar-refractivity contribution >= 4 is 32.6 Å². The van der Waals surface area contributed by atoms with Crippen LogP contribution < -0.4 is 0 Å². The molecule has 0 aliphatic heterocycles. The molecule has 0 saturated heterocycles. The molecule has 21 atom stereocenters. The lowest BCUT2D eigenvalue weighted by Gasteiger charge is -2.57. The molecule has 3 aromatic carbocycles. The van der Waals surface area contributed by atoms with Crippen LogP contribution in [0, 0.1) is 115 Å². The van der Waals surface area contributed by atoms with Crippen molar-refractivity contribution in [2.75, 3.05) is 39.6 Å². The maximum atomic E-state index is 10.6. The highest BCUT2D eigenvalue weighted by molar-refractivity contribution is 9.08. The van der Waals surface area contributed by atoms with Crippen LogP contribution in [0.5, 0.6) is 0 Å². The zero-order valence-electron chi connectivity index (χ0n) is 70.0. The Bertz CT molecular complexity index is 3230. The van der Waals surface area contributed by atoms with Crippen LogP contribution in [-0.4, -0.2) is 77.7 Å². The fourth-order valence-corrected chi connectivity index (χ4v) is 25.6. The van der Waals surface area contributed by atoms with Crippen LogP contribution in [0.1, 0.15) is 248 Å². The third kappa shape index (κ3) is 19.3. The minimum atomic E-state index is -1.78. The van der Waals surface area contributed by atoms with E-state index in [1.165, 1.54) is 136 Å². The molecule has 10 heteroatoms. The number of alkyl halides is 1. The Hall–Kier alpha value is -2.49. The van der Waals surface area contributed by atoms with Crippen molar-refractivity contribution in [3.05, 3.63) is 144 Å². The lowest BCUT2D eigenvalue weighted by Crippen LogP contribution is -2.52. The van der Waals surface area contributed by atoms with E-state index in [-0.39, 0.29) is 50.4 Å². The van der Waals surface area contributed by atoms with Crippen molar-refractivity contribution in [2.45, 2.75) is 293 Å². The molecule has 3 aromatic rings. The number of halogens is 1. The maximum absolute atomic E-state index is 10.6. The van der Waals surface area contributed by atoms with Gasteiger partial charge in [-0.25, -0.2) is 0 Å². The number of aliphatic hydroxyl groups excluding tert-OH is 3. The van der Waals surface area contributed by atoms with E-state index in [1.807, 2.05) is 24.3 Å². The average molecular weight is 1540 g/mol. The Kier molecular flexibility index (Phi) is 29.4. The van der Waals surface area contributed by atoms with E-state index in [2.05, 4.69) is 226 Å². The lowest BCUT2D eigenvalue weighted by molar-refractivity contribution is -0.113. The van der Waals surface area contributed by atoms with E-state index in [1.54, 1.807) is 0 Å². The number of aliphatic hydroxyl groups is 3. The van der Waals surface area contributed by atoms with Gasteiger partial charge in [-0.05, 0) is 290 Å². The molecule has 3 N–H and O–H groups in total. The number of hydrogen-bond acceptors (Lipinski definition) is 7. The highest BCUT2D eigenvalue weighted by Crippen LogP contribution is 2.67. The zero-order valence-corrected chi connectivity index (χ0v) is 73.6. The monoisotopic (exact) mass is 1540 g/mol. The van der Waals surface area contributed by atoms with E-state index in [0.717, 1.165) is 82.3 Å². The highest BCUT2D eigenvalue weighted by atomic mass is 79.9. The van der Waals surface area contributed by atoms with Gasteiger partial charge in [0.05, 0.1) is 32.5 Å². The van der Waals surface area contributed by atoms with Crippen LogP contribution in [0.15, 0.2) is 127 Å². The quantitative estimate of drug-likeness (QED) is 0.0589. The average Bonchev–Trinajstić information content (AvgIpc) is 1.73. The third-order valence-electron chi connectivity index (χ3n) is 33.0. The second-order valence-corrected chi connectivity index (χ2v) is 51.0. The van der Waals surface area contributed by atoms with E-state index >= 15 is 0 Å². The topological polar surface area (TPSA) is 97.6 Å². The van der Waals surface area contributed by atoms with Crippen molar-refractivity contribution in [1.82, 2.24) is 0 Å². The summed E-state index contributed by atoms with van der Waals surface area (Å²) in [6.45, 7) is 62.6. The van der Waals surface area contributed by atoms with Crippen LogP contribution in [0.25, 0.3) is 0 Å². The summed E-state index contributed by atoms with van der Waals surface area (Å²) in [6.07, 6.45) is 25.0. The van der Waals surface area contributed by atoms with Crippen LogP contribution in [0.2, 0.25) is 36.3 Å². The summed E-state index contributed by atoms with van der Waals surface area (Å²) < 4.78 is 26.7. The van der Waals surface area contributed by atoms with Crippen LogP contribution in [0.3, 0.4) is 0 Å². The number of fused-ring (bicyclic) bond motifs is 3. The Labute approximate surface area is 653 Å². The normalized spacial score (nSPS) is 37.9. The van der Waals surface area contributed by atoms with Gasteiger partial charge < -0.3 is 33.6 Å². The Morgan fingerprint density at radius 1 is 0.419 bits per heavy atom. The molecule has 0 unspecified atom stereocenters. The molecule has 12 rings (SSSR count). The molecule has 0 spiro atoms. The van der Waals surface area contributed by atoms with Gasteiger partial charge in [0.15, 0.2) is 16.6 Å². The number of ether oxygens (including phenoxy) is 2. The Morgan fingerprint density at radius 3 is 1.09 bits per heavy atom. The van der Waals surface area contributed by atoms with Crippen LogP contribution >= 0.6 is 15.9 Å². The van der Waals surface area contributed by atoms with Gasteiger partial charge >= 0.3 is 0 Å². The second kappa shape index (κ2) is 35.7. The van der Waals surface area contributed by atoms with Crippen LogP contribution in [0.4, 0.5) is 0 Å². The number of benzene rings is 3. The molecular formula is C95H153BrO7Si2. The second-order valence-electron chi connectivity index (χ2n) is 40.8. The lowest BCUT2D eigenvalue weighted by atomic mass is 9.49. The standard InChI is InChI=1S/C34H56O2Si.C27H40O3.C27H50O2Si.C7H7Br/c1-25-17-19-34(7,28(21-25)23-36-37(8,9)32(3,4)5)31-18-20-33(6)26(2)15-16-30(33)29(31)24-35-22-27-13-11-10-12-14-27;1-19-9-10-24-23(18-30-17-20-7-5-4-6-8-20)25(12-14-26(19,24)2)27(3)13-11-22(29)15-21(27)16-28;1-19-12-14-27(7,21(16-19)18-29-30(8,9)25(3,4)5)24-13-15-26(6)20(2)10-11-23(26)22(24)17-28;8-6-7-4-2-1-3-5-7/h10-14,25,28-31H,2,15-24H2,1,3-9H3;4-8,21-25,28-29H,1,9-18H2,2-3H3;19,21-24,28H,2,10-18H2,1,3-9H3;1-5H,6H2/t25-,28+,29-,30-,31-,33+,34-;21-,22+,23+,24+,25+,26-,27+;19-,21+,22-,23-,24-,26+,27-;/m010./s1. The molecule has 0 amide bonds. The van der Waals surface area contributed by atoms with E-state index in [9.17, 15) is 15.3 Å². The van der Waals surface area contributed by atoms with Gasteiger partial charge in [-0.2, -0.15) is 0 Å². The van der Waals surface area contributed by atoms with E-state index in [0.29, 0.717) is 89.1 Å². The molecule has 105 heavy (non-hydrogen) atoms. The van der Waals surface area contributed by atoms with Gasteiger partial charge in [0.1, 0.15) is 0 Å². The van der Waals surface area contributed by atoms with Gasteiger partial charge in [-0.15, -0.1) is 0 Å². The van der Waals surface area contributed by atoms with Crippen molar-refractivity contribution < 1.29 is 33.6 Å². The summed E-state index contributed by atoms with van der Waals surface area (Å²) >= 11 is 3.36. The van der Waals surface area contributed by atoms with Crippen molar-refractivity contribution in [3.8, 4) is 0 Å². The minimum absolute atomic E-state index is 0.0695. The van der Waals surface area contributed by atoms with Gasteiger partial charge in [0.25, 0.3) is 0 Å². The molecule has 9 aliphatic rings. The van der Waals surface area contributed by atoms with Crippen LogP contribution in [-0.2, 0) is 36.9 Å². The van der Waals surface area contributed by atoms with Gasteiger partial charge in [-0.1, -0.05) is 253 Å². The largest absolute Gasteiger partial charge is 0.417 e. The highest BCUT2D eigenvalue weighted by Gasteiger charge is 2.61. The molecule has 0 bridgehead atoms. The first-order valence-corrected chi connectivity index (χ1v) is 49.3. The Morgan fingerprint density at radius 2 is 0.752 bits per heavy atom.